The molecule has 0 radical (unpaired) electrons. The highest BCUT2D eigenvalue weighted by Crippen LogP contribution is 2.40. The Kier molecular flexibility index (Phi) is 20.4. The summed E-state index contributed by atoms with van der Waals surface area (Å²) in [6.07, 6.45) is 2.01. The fourth-order valence-corrected chi connectivity index (χ4v) is 12.9. The number of fused-ring (bicyclic) bond motifs is 2. The Morgan fingerprint density at radius 2 is 1.66 bits per heavy atom. The van der Waals surface area contributed by atoms with Crippen molar-refractivity contribution >= 4 is 88.3 Å². The molecular formula is C59H72ClFN9O13PS. The van der Waals surface area contributed by atoms with Crippen molar-refractivity contribution < 1.29 is 66.9 Å². The number of benzene rings is 3. The molecule has 7 amide bonds. The minimum Gasteiger partial charge on any atom is -0.490 e. The average molecular weight is 1230 g/mol. The lowest BCUT2D eigenvalue weighted by atomic mass is 9.85. The first kappa shape index (κ1) is 63.9. The molecule has 3 aliphatic heterocycles. The van der Waals surface area contributed by atoms with E-state index < -0.39 is 108 Å². The van der Waals surface area contributed by atoms with Crippen LogP contribution in [0.3, 0.4) is 0 Å². The standard InChI is InChI=1S/C59H72ClFN9O13PS/c1-31(33-13-15-34(16-14-33)51-32(2)63-30-85-51)64-55(76)46-27-41(71)28-69(46)57(78)52(59(3,4)5)68-49(73)12-8-9-35-24-38(61)26-47(50(35)60)83-29-39(18-22-48(62)72)65-54(75)45-21-19-40-10-6-7-11-43(56(77)70(40)45)67-53(74)44-25-37-23-36(17-20-42(37)66-44)58(79)84(80,81)82/h13-17,20,23-26,30-31,39-41,43,45-46,52,66,71H,6-12,18-19,21-22,27-29H2,1-5H3,(H2,62,72)(H,64,76)(H,65,75)(H,67,74)(H,68,73)(H2,80,81,82)/t31-,39?,40-,41+,43-,45-,46-,52+/m0/s1. The number of aromatic nitrogens is 2. The van der Waals surface area contributed by atoms with Crippen LogP contribution in [0.25, 0.3) is 21.3 Å². The fraction of sp³-hybridized carbons (Fsp3) is 0.475. The molecule has 0 spiro atoms. The maximum absolute atomic E-state index is 15.3. The molecule has 0 aliphatic carbocycles. The number of ether oxygens (including phenoxy) is 1. The molecule has 1 unspecified atom stereocenters. The van der Waals surface area contributed by atoms with Gasteiger partial charge < -0.3 is 61.4 Å². The van der Waals surface area contributed by atoms with Gasteiger partial charge in [-0.3, -0.25) is 42.9 Å². The monoisotopic (exact) mass is 1230 g/mol. The molecule has 85 heavy (non-hydrogen) atoms. The molecule has 5 heterocycles. The van der Waals surface area contributed by atoms with E-state index in [0.29, 0.717) is 48.6 Å². The van der Waals surface area contributed by atoms with Crippen LogP contribution in [0, 0.1) is 18.2 Å². The number of hydrogen-bond acceptors (Lipinski definition) is 13. The zero-order chi connectivity index (χ0) is 61.7. The minimum absolute atomic E-state index is 0.00570. The molecular weight excluding hydrogens is 1160 g/mol. The first-order chi connectivity index (χ1) is 40.2. The number of aliphatic hydroxyl groups excluding tert-OH is 1. The van der Waals surface area contributed by atoms with Crippen LogP contribution in [0.5, 0.6) is 5.75 Å². The van der Waals surface area contributed by atoms with Gasteiger partial charge in [-0.05, 0) is 111 Å². The number of β-amino-alcohol motifs (C(OH)–C–C–N with tert-alkyl or cyclic N) is 1. The third-order valence-electron chi connectivity index (χ3n) is 15.8. The van der Waals surface area contributed by atoms with Gasteiger partial charge in [0.15, 0.2) is 0 Å². The number of rotatable bonds is 22. The van der Waals surface area contributed by atoms with Gasteiger partial charge in [0.05, 0.1) is 39.3 Å². The lowest BCUT2D eigenvalue weighted by Gasteiger charge is -2.35. The summed E-state index contributed by atoms with van der Waals surface area (Å²) >= 11 is 8.35. The number of thiazole rings is 1. The van der Waals surface area contributed by atoms with Crippen molar-refractivity contribution in [1.82, 2.24) is 41.0 Å². The van der Waals surface area contributed by atoms with Crippen LogP contribution in [0.15, 0.2) is 66.2 Å². The molecule has 3 saturated heterocycles. The molecule has 3 aliphatic rings. The molecule has 8 rings (SSSR count). The molecule has 0 bridgehead atoms. The van der Waals surface area contributed by atoms with Crippen LogP contribution in [0.1, 0.15) is 142 Å². The zero-order valence-electron chi connectivity index (χ0n) is 47.8. The average Bonchev–Trinajstić information content (AvgIpc) is 3.62. The molecule has 3 fully saturated rings. The van der Waals surface area contributed by atoms with E-state index in [4.69, 9.17) is 22.1 Å². The van der Waals surface area contributed by atoms with Gasteiger partial charge in [0.1, 0.15) is 48.0 Å². The van der Waals surface area contributed by atoms with Crippen LogP contribution in [0.2, 0.25) is 5.02 Å². The van der Waals surface area contributed by atoms with E-state index in [-0.39, 0.29) is 86.2 Å². The second-order valence-corrected chi connectivity index (χ2v) is 26.0. The Balaban J connectivity index is 0.863. The van der Waals surface area contributed by atoms with Gasteiger partial charge in [0.2, 0.25) is 35.4 Å². The molecule has 22 nitrogen and oxygen atoms in total. The van der Waals surface area contributed by atoms with Crippen molar-refractivity contribution in [2.24, 2.45) is 11.1 Å². The number of halogens is 2. The van der Waals surface area contributed by atoms with Crippen molar-refractivity contribution in [2.45, 2.75) is 160 Å². The number of H-pyrrole nitrogens is 1. The van der Waals surface area contributed by atoms with E-state index in [9.17, 15) is 57.8 Å². The lowest BCUT2D eigenvalue weighted by molar-refractivity contribution is -0.144. The van der Waals surface area contributed by atoms with E-state index in [1.165, 1.54) is 51.5 Å². The first-order valence-corrected chi connectivity index (χ1v) is 31.2. The van der Waals surface area contributed by atoms with E-state index in [2.05, 4.69) is 31.2 Å². The van der Waals surface area contributed by atoms with Gasteiger partial charge in [-0.1, -0.05) is 69.5 Å². The van der Waals surface area contributed by atoms with E-state index in [1.54, 1.807) is 26.3 Å². The Morgan fingerprint density at radius 1 is 0.941 bits per heavy atom. The van der Waals surface area contributed by atoms with Gasteiger partial charge in [0.25, 0.3) is 11.4 Å². The Bertz CT molecular complexity index is 3400. The highest BCUT2D eigenvalue weighted by atomic mass is 35.5. The molecule has 8 atom stereocenters. The Labute approximate surface area is 499 Å². The van der Waals surface area contributed by atoms with Crippen LogP contribution in [-0.4, -0.2) is 137 Å². The summed E-state index contributed by atoms with van der Waals surface area (Å²) < 4.78 is 32.9. The normalized spacial score (nSPS) is 20.2. The number of nitrogens with one attached hydrogen (secondary N) is 5. The summed E-state index contributed by atoms with van der Waals surface area (Å²) in [5.41, 5.74) is 8.34. The summed E-state index contributed by atoms with van der Waals surface area (Å²) in [7, 11) is -5.07. The molecule has 0 saturated carbocycles. The predicted octanol–water partition coefficient (Wildman–Crippen LogP) is 6.26. The number of aliphatic hydroxyl groups is 1. The molecule has 456 valence electrons. The summed E-state index contributed by atoms with van der Waals surface area (Å²) in [6, 6.07) is 9.57. The van der Waals surface area contributed by atoms with E-state index in [0.717, 1.165) is 27.8 Å². The van der Waals surface area contributed by atoms with Gasteiger partial charge in [0, 0.05) is 54.4 Å². The Hall–Kier alpha value is -7.08. The highest BCUT2D eigenvalue weighted by molar-refractivity contribution is 7.70. The van der Waals surface area contributed by atoms with Crippen molar-refractivity contribution in [3.05, 3.63) is 105 Å². The number of aromatic amines is 1. The fourth-order valence-electron chi connectivity index (χ4n) is 11.3. The number of hydrogen-bond donors (Lipinski definition) is 9. The number of nitrogens with zero attached hydrogens (tertiary/aromatic N) is 3. The smallest absolute Gasteiger partial charge is 0.396 e. The minimum atomic E-state index is -5.07. The van der Waals surface area contributed by atoms with Gasteiger partial charge in [-0.2, -0.15) is 0 Å². The first-order valence-electron chi connectivity index (χ1n) is 28.3. The van der Waals surface area contributed by atoms with E-state index in [1.807, 2.05) is 38.1 Å². The summed E-state index contributed by atoms with van der Waals surface area (Å²) in [5, 5.41) is 22.6. The summed E-state index contributed by atoms with van der Waals surface area (Å²) in [6.45, 7) is 8.69. The van der Waals surface area contributed by atoms with Crippen molar-refractivity contribution in [1.29, 1.82) is 0 Å². The van der Waals surface area contributed by atoms with Gasteiger partial charge >= 0.3 is 7.60 Å². The molecule has 2 aromatic heterocycles. The third kappa shape index (κ3) is 15.7. The number of carbonyl (C=O) groups is 8. The van der Waals surface area contributed by atoms with Gasteiger partial charge in [-0.15, -0.1) is 11.3 Å². The zero-order valence-corrected chi connectivity index (χ0v) is 50.3. The van der Waals surface area contributed by atoms with Crippen LogP contribution < -0.4 is 31.7 Å². The predicted molar refractivity (Wildman–Crippen MR) is 315 cm³/mol. The second kappa shape index (κ2) is 27.1. The van der Waals surface area contributed by atoms with Gasteiger partial charge in [-0.25, -0.2) is 9.37 Å². The van der Waals surface area contributed by atoms with Crippen LogP contribution in [0.4, 0.5) is 4.39 Å². The number of amides is 7. The second-order valence-electron chi connectivity index (χ2n) is 23.3. The Morgan fingerprint density at radius 3 is 2.34 bits per heavy atom. The van der Waals surface area contributed by atoms with Crippen molar-refractivity contribution in [2.75, 3.05) is 13.2 Å². The van der Waals surface area contributed by atoms with Crippen molar-refractivity contribution in [3.63, 3.8) is 0 Å². The molecule has 10 N–H and O–H groups in total. The number of primary amides is 1. The maximum atomic E-state index is 15.3. The summed E-state index contributed by atoms with van der Waals surface area (Å²) in [4.78, 5) is 138. The topological polar surface area (TPSA) is 333 Å². The highest BCUT2D eigenvalue weighted by Gasteiger charge is 2.46. The number of aryl methyl sites for hydroxylation is 2. The third-order valence-corrected chi connectivity index (χ3v) is 18.0. The number of likely N-dealkylation sites (tertiary alicyclic amines) is 1. The maximum Gasteiger partial charge on any atom is 0.396 e. The van der Waals surface area contributed by atoms with Crippen molar-refractivity contribution in [3.8, 4) is 16.2 Å². The molecule has 3 aromatic carbocycles. The number of nitrogens with two attached hydrogens (primary N) is 1. The number of carbonyl (C=O) groups excluding carboxylic acids is 8. The molecule has 5 aromatic rings. The van der Waals surface area contributed by atoms with Crippen LogP contribution in [-0.2, 0) is 39.8 Å². The SMILES string of the molecule is Cc1ncsc1-c1ccc([C@H](C)NC(=O)[C@@H]2C[C@@H](O)CN2C(=O)[C@@H](NC(=O)CCCc2cc(F)cc(OCC(CCC(N)=O)NC(=O)[C@@H]3CC[C@@H]4CCCC[C@H](NC(=O)c5cc6cc(C(=O)P(=O)(O)O)ccc6[nH]5)C(=O)N43)c2Cl)C(C)(C)C)cc1. The van der Waals surface area contributed by atoms with Crippen LogP contribution >= 0.6 is 30.5 Å². The van der Waals surface area contributed by atoms with E-state index >= 15 is 4.39 Å². The summed E-state index contributed by atoms with van der Waals surface area (Å²) in [5.74, 6) is -4.61. The largest absolute Gasteiger partial charge is 0.490 e. The quantitative estimate of drug-likeness (QED) is 0.0345. The molecule has 26 heteroatoms. The lowest BCUT2D eigenvalue weighted by Crippen LogP contribution is -2.57.